The Kier molecular flexibility index (Phi) is 6.18. The normalized spacial score (nSPS) is 11.9. The predicted molar refractivity (Wildman–Crippen MR) is 118 cm³/mol. The van der Waals surface area contributed by atoms with Crippen LogP contribution in [0.1, 0.15) is 20.7 Å². The molecular weight excluding hydrogens is 445 g/mol. The molecule has 0 saturated carbocycles. The molecule has 1 aliphatic heterocycles. The van der Waals surface area contributed by atoms with Crippen LogP contribution < -0.4 is 14.8 Å². The molecule has 1 heterocycles. The molecule has 152 valence electrons. The molecule has 0 aliphatic carbocycles. The Morgan fingerprint density at radius 3 is 2.63 bits per heavy atom. The highest BCUT2D eigenvalue weighted by molar-refractivity contribution is 8.00. The molecule has 5 nitrogen and oxygen atoms in total. The average Bonchev–Trinajstić information content (AvgIpc) is 3.20. The van der Waals surface area contributed by atoms with Crippen LogP contribution in [-0.4, -0.2) is 24.2 Å². The standard InChI is InChI=1S/C22H15Cl2NO4S/c23-14-5-6-17(18(24)9-14)22(27)25-15-2-1-3-16(10-15)30-11-19(26)13-4-7-20-21(8-13)29-12-28-20/h1-10H,11-12H2,(H,25,27). The maximum absolute atomic E-state index is 12.5. The molecular formula is C22H15Cl2NO4S. The van der Waals surface area contributed by atoms with Crippen molar-refractivity contribution in [1.29, 1.82) is 0 Å². The second kappa shape index (κ2) is 9.00. The van der Waals surface area contributed by atoms with Gasteiger partial charge in [0.1, 0.15) is 0 Å². The van der Waals surface area contributed by atoms with Crippen LogP contribution in [0.15, 0.2) is 65.6 Å². The lowest BCUT2D eigenvalue weighted by molar-refractivity contribution is 0.101. The van der Waals surface area contributed by atoms with Crippen molar-refractivity contribution in [2.75, 3.05) is 17.9 Å². The minimum Gasteiger partial charge on any atom is -0.454 e. The van der Waals surface area contributed by atoms with Crippen LogP contribution in [0, 0.1) is 0 Å². The smallest absolute Gasteiger partial charge is 0.257 e. The Balaban J connectivity index is 1.39. The summed E-state index contributed by atoms with van der Waals surface area (Å²) in [7, 11) is 0. The molecule has 0 atom stereocenters. The van der Waals surface area contributed by atoms with Crippen LogP contribution in [0.2, 0.25) is 10.0 Å². The highest BCUT2D eigenvalue weighted by Gasteiger charge is 2.16. The van der Waals surface area contributed by atoms with Gasteiger partial charge in [0.25, 0.3) is 5.91 Å². The maximum atomic E-state index is 12.5. The predicted octanol–water partition coefficient (Wildman–Crippen LogP) is 5.95. The lowest BCUT2D eigenvalue weighted by Gasteiger charge is -2.09. The second-order valence-corrected chi connectivity index (χ2v) is 8.28. The lowest BCUT2D eigenvalue weighted by Crippen LogP contribution is -2.12. The number of hydrogen-bond donors (Lipinski definition) is 1. The number of Topliss-reactive ketones (excluding diaryl/α,β-unsaturated/α-hetero) is 1. The number of rotatable bonds is 6. The van der Waals surface area contributed by atoms with E-state index in [9.17, 15) is 9.59 Å². The number of ether oxygens (including phenoxy) is 2. The van der Waals surface area contributed by atoms with Crippen molar-refractivity contribution in [3.8, 4) is 11.5 Å². The van der Waals surface area contributed by atoms with Crippen LogP contribution in [0.5, 0.6) is 11.5 Å². The van der Waals surface area contributed by atoms with Crippen LogP contribution in [0.3, 0.4) is 0 Å². The molecule has 0 unspecified atom stereocenters. The van der Waals surface area contributed by atoms with Crippen molar-refractivity contribution in [1.82, 2.24) is 0 Å². The third-order valence-corrected chi connectivity index (χ3v) is 5.87. The summed E-state index contributed by atoms with van der Waals surface area (Å²) in [6.45, 7) is 0.168. The van der Waals surface area contributed by atoms with Crippen LogP contribution in [0.4, 0.5) is 5.69 Å². The van der Waals surface area contributed by atoms with Crippen molar-refractivity contribution in [3.05, 3.63) is 81.8 Å². The van der Waals surface area contributed by atoms with E-state index in [1.54, 1.807) is 42.5 Å². The van der Waals surface area contributed by atoms with Crippen LogP contribution >= 0.6 is 35.0 Å². The summed E-state index contributed by atoms with van der Waals surface area (Å²) in [4.78, 5) is 25.8. The summed E-state index contributed by atoms with van der Waals surface area (Å²) in [5.74, 6) is 1.11. The first-order chi connectivity index (χ1) is 14.5. The summed E-state index contributed by atoms with van der Waals surface area (Å²) >= 11 is 13.4. The molecule has 3 aromatic rings. The molecule has 3 aromatic carbocycles. The number of carbonyl (C=O) groups excluding carboxylic acids is 2. The van der Waals surface area contributed by atoms with E-state index in [1.807, 2.05) is 12.1 Å². The maximum Gasteiger partial charge on any atom is 0.257 e. The van der Waals surface area contributed by atoms with Crippen molar-refractivity contribution >= 4 is 52.3 Å². The van der Waals surface area contributed by atoms with E-state index in [0.717, 1.165) is 4.90 Å². The van der Waals surface area contributed by atoms with E-state index in [2.05, 4.69) is 5.32 Å². The van der Waals surface area contributed by atoms with E-state index in [4.69, 9.17) is 32.7 Å². The third kappa shape index (κ3) is 4.73. The number of hydrogen-bond acceptors (Lipinski definition) is 5. The van der Waals surface area contributed by atoms with Gasteiger partial charge in [0, 0.05) is 21.2 Å². The average molecular weight is 460 g/mol. The molecule has 30 heavy (non-hydrogen) atoms. The summed E-state index contributed by atoms with van der Waals surface area (Å²) in [5.41, 5.74) is 1.50. The highest BCUT2D eigenvalue weighted by Crippen LogP contribution is 2.33. The first-order valence-electron chi connectivity index (χ1n) is 8.92. The van der Waals surface area contributed by atoms with E-state index in [-0.39, 0.29) is 29.3 Å². The Morgan fingerprint density at radius 1 is 0.967 bits per heavy atom. The number of nitrogens with one attached hydrogen (secondary N) is 1. The lowest BCUT2D eigenvalue weighted by atomic mass is 10.1. The molecule has 8 heteroatoms. The molecule has 1 aliphatic rings. The van der Waals surface area contributed by atoms with Gasteiger partial charge in [-0.25, -0.2) is 0 Å². The first kappa shape index (κ1) is 20.6. The Morgan fingerprint density at radius 2 is 1.80 bits per heavy atom. The van der Waals surface area contributed by atoms with Gasteiger partial charge in [0.05, 0.1) is 16.3 Å². The highest BCUT2D eigenvalue weighted by atomic mass is 35.5. The summed E-state index contributed by atoms with van der Waals surface area (Å²) < 4.78 is 10.6. The molecule has 0 saturated heterocycles. The van der Waals surface area contributed by atoms with Gasteiger partial charge in [-0.2, -0.15) is 0 Å². The van der Waals surface area contributed by atoms with Crippen molar-refractivity contribution in [2.24, 2.45) is 0 Å². The molecule has 1 amide bonds. The molecule has 0 spiro atoms. The number of fused-ring (bicyclic) bond motifs is 1. The first-order valence-corrected chi connectivity index (χ1v) is 10.7. The van der Waals surface area contributed by atoms with Gasteiger partial charge >= 0.3 is 0 Å². The zero-order chi connectivity index (χ0) is 21.1. The van der Waals surface area contributed by atoms with Gasteiger partial charge in [-0.15, -0.1) is 11.8 Å². The molecule has 4 rings (SSSR count). The van der Waals surface area contributed by atoms with Gasteiger partial charge in [-0.05, 0) is 54.6 Å². The SMILES string of the molecule is O=C(CSc1cccc(NC(=O)c2ccc(Cl)cc2Cl)c1)c1ccc2c(c1)OCO2. The minimum absolute atomic E-state index is 0.0271. The second-order valence-electron chi connectivity index (χ2n) is 6.39. The quantitative estimate of drug-likeness (QED) is 0.364. The number of carbonyl (C=O) groups is 2. The van der Waals surface area contributed by atoms with Gasteiger partial charge in [0.15, 0.2) is 17.3 Å². The summed E-state index contributed by atoms with van der Waals surface area (Å²) in [5, 5.41) is 3.55. The molecule has 1 N–H and O–H groups in total. The number of halogens is 2. The molecule has 0 aromatic heterocycles. The van der Waals surface area contributed by atoms with Gasteiger partial charge < -0.3 is 14.8 Å². The number of amides is 1. The minimum atomic E-state index is -0.338. The monoisotopic (exact) mass is 459 g/mol. The summed E-state index contributed by atoms with van der Waals surface area (Å²) in [6, 6.07) is 17.1. The van der Waals surface area contributed by atoms with Gasteiger partial charge in [0.2, 0.25) is 6.79 Å². The number of anilines is 1. The zero-order valence-electron chi connectivity index (χ0n) is 15.5. The number of thioether (sulfide) groups is 1. The Bertz CT molecular complexity index is 1140. The van der Waals surface area contributed by atoms with Gasteiger partial charge in [-0.3, -0.25) is 9.59 Å². The van der Waals surface area contributed by atoms with Crippen LogP contribution in [-0.2, 0) is 0 Å². The Labute approximate surface area is 187 Å². The number of benzene rings is 3. The van der Waals surface area contributed by atoms with Crippen molar-refractivity contribution < 1.29 is 19.1 Å². The fourth-order valence-electron chi connectivity index (χ4n) is 2.84. The number of ketones is 1. The topological polar surface area (TPSA) is 64.6 Å². The van der Waals surface area contributed by atoms with E-state index < -0.39 is 0 Å². The van der Waals surface area contributed by atoms with Crippen molar-refractivity contribution in [2.45, 2.75) is 4.90 Å². The van der Waals surface area contributed by atoms with E-state index in [1.165, 1.54) is 17.8 Å². The van der Waals surface area contributed by atoms with E-state index >= 15 is 0 Å². The molecule has 0 fully saturated rings. The van der Waals surface area contributed by atoms with Crippen LogP contribution in [0.25, 0.3) is 0 Å². The van der Waals surface area contributed by atoms with E-state index in [0.29, 0.717) is 33.3 Å². The largest absolute Gasteiger partial charge is 0.454 e. The summed E-state index contributed by atoms with van der Waals surface area (Å²) in [6.07, 6.45) is 0. The van der Waals surface area contributed by atoms with Crippen molar-refractivity contribution in [3.63, 3.8) is 0 Å². The third-order valence-electron chi connectivity index (χ3n) is 4.33. The fourth-order valence-corrected chi connectivity index (χ4v) is 4.18. The zero-order valence-corrected chi connectivity index (χ0v) is 17.8. The molecule has 0 radical (unpaired) electrons. The van der Waals surface area contributed by atoms with Gasteiger partial charge in [-0.1, -0.05) is 29.3 Å². The Hall–Kier alpha value is -2.67. The fraction of sp³-hybridized carbons (Fsp3) is 0.0909. The molecule has 0 bridgehead atoms.